The minimum absolute atomic E-state index is 0.0844. The number of carbonyl (C=O) groups excluding carboxylic acids is 2. The summed E-state index contributed by atoms with van der Waals surface area (Å²) >= 11 is 8.01. The average molecular weight is 442 g/mol. The van der Waals surface area contributed by atoms with Gasteiger partial charge in [0.25, 0.3) is 5.91 Å². The Morgan fingerprint density at radius 2 is 2.03 bits per heavy atom. The number of benzene rings is 1. The van der Waals surface area contributed by atoms with Gasteiger partial charge in [0, 0.05) is 23.0 Å². The highest BCUT2D eigenvalue weighted by Crippen LogP contribution is 2.36. The molecule has 1 saturated carbocycles. The van der Waals surface area contributed by atoms with Gasteiger partial charge in [-0.2, -0.15) is 0 Å². The first kappa shape index (κ1) is 19.6. The van der Waals surface area contributed by atoms with Crippen LogP contribution in [0, 0.1) is 0 Å². The molecule has 7 heteroatoms. The summed E-state index contributed by atoms with van der Waals surface area (Å²) in [7, 11) is 0. The molecule has 1 aliphatic carbocycles. The van der Waals surface area contributed by atoms with E-state index in [4.69, 9.17) is 11.6 Å². The monoisotopic (exact) mass is 441 g/mol. The molecule has 0 saturated heterocycles. The Kier molecular flexibility index (Phi) is 4.86. The fraction of sp³-hybridized carbons (Fsp3) is 0.391. The molecule has 1 aliphatic heterocycles. The Balaban J connectivity index is 1.57. The Bertz CT molecular complexity index is 1130. The topological polar surface area (TPSA) is 54.3 Å². The maximum Gasteiger partial charge on any atom is 0.271 e. The van der Waals surface area contributed by atoms with E-state index >= 15 is 0 Å². The highest BCUT2D eigenvalue weighted by Gasteiger charge is 2.48. The lowest BCUT2D eigenvalue weighted by Crippen LogP contribution is -2.64. The first-order valence-electron chi connectivity index (χ1n) is 10.4. The van der Waals surface area contributed by atoms with Crippen LogP contribution in [-0.2, 0) is 17.9 Å². The number of amides is 2. The number of carbonyl (C=O) groups is 2. The largest absolute Gasteiger partial charge is 0.351 e. The van der Waals surface area contributed by atoms with E-state index in [-0.39, 0.29) is 17.9 Å². The quantitative estimate of drug-likeness (QED) is 0.630. The predicted molar refractivity (Wildman–Crippen MR) is 120 cm³/mol. The van der Waals surface area contributed by atoms with Gasteiger partial charge >= 0.3 is 0 Å². The van der Waals surface area contributed by atoms with Crippen LogP contribution in [0.3, 0.4) is 0 Å². The van der Waals surface area contributed by atoms with Crippen LogP contribution >= 0.6 is 22.9 Å². The molecule has 3 heterocycles. The van der Waals surface area contributed by atoms with Crippen molar-refractivity contribution in [3.8, 4) is 0 Å². The second-order valence-corrected chi connectivity index (χ2v) is 9.81. The predicted octanol–water partition coefficient (Wildman–Crippen LogP) is 4.83. The van der Waals surface area contributed by atoms with Gasteiger partial charge in [0.15, 0.2) is 0 Å². The zero-order valence-corrected chi connectivity index (χ0v) is 18.4. The Morgan fingerprint density at radius 3 is 2.80 bits per heavy atom. The van der Waals surface area contributed by atoms with Crippen molar-refractivity contribution in [2.75, 3.05) is 0 Å². The SMILES string of the molecule is C[C@]1(C(=O)NC2CCCC2)Cn2c(cc3ccsc32)C(=O)N1Cc1ccccc1Cl. The molecule has 1 fully saturated rings. The van der Waals surface area contributed by atoms with E-state index in [0.29, 0.717) is 23.8 Å². The molecule has 0 unspecified atom stereocenters. The minimum Gasteiger partial charge on any atom is -0.351 e. The number of rotatable bonds is 4. The van der Waals surface area contributed by atoms with Crippen molar-refractivity contribution in [1.82, 2.24) is 14.8 Å². The molecule has 30 heavy (non-hydrogen) atoms. The zero-order chi connectivity index (χ0) is 20.9. The van der Waals surface area contributed by atoms with Gasteiger partial charge in [0.2, 0.25) is 5.91 Å². The van der Waals surface area contributed by atoms with Crippen molar-refractivity contribution in [2.24, 2.45) is 0 Å². The van der Waals surface area contributed by atoms with E-state index in [9.17, 15) is 9.59 Å². The van der Waals surface area contributed by atoms with Gasteiger partial charge in [-0.15, -0.1) is 11.3 Å². The maximum absolute atomic E-state index is 13.6. The number of hydrogen-bond donors (Lipinski definition) is 1. The number of thiophene rings is 1. The summed E-state index contributed by atoms with van der Waals surface area (Å²) in [6.07, 6.45) is 4.29. The molecule has 3 aromatic rings. The fourth-order valence-corrected chi connectivity index (χ4v) is 5.81. The van der Waals surface area contributed by atoms with Gasteiger partial charge < -0.3 is 14.8 Å². The molecule has 5 rings (SSSR count). The van der Waals surface area contributed by atoms with Gasteiger partial charge in [-0.05, 0) is 48.9 Å². The first-order chi connectivity index (χ1) is 14.5. The molecular formula is C23H24ClN3O2S. The third kappa shape index (κ3) is 3.13. The molecule has 0 radical (unpaired) electrons. The third-order valence-electron chi connectivity index (χ3n) is 6.49. The Labute approximate surface area is 184 Å². The number of nitrogens with zero attached hydrogens (tertiary/aromatic N) is 2. The van der Waals surface area contributed by atoms with Gasteiger partial charge in [0.05, 0.1) is 6.54 Å². The molecule has 1 aromatic carbocycles. The number of aromatic nitrogens is 1. The van der Waals surface area contributed by atoms with Crippen molar-refractivity contribution >= 4 is 45.0 Å². The van der Waals surface area contributed by atoms with Crippen molar-refractivity contribution < 1.29 is 9.59 Å². The van der Waals surface area contributed by atoms with E-state index in [2.05, 4.69) is 5.32 Å². The molecule has 2 aromatic heterocycles. The van der Waals surface area contributed by atoms with E-state index in [1.54, 1.807) is 16.2 Å². The summed E-state index contributed by atoms with van der Waals surface area (Å²) in [6, 6.07) is 11.7. The van der Waals surface area contributed by atoms with Gasteiger partial charge in [-0.3, -0.25) is 9.59 Å². The van der Waals surface area contributed by atoms with Crippen LogP contribution in [0.25, 0.3) is 10.2 Å². The first-order valence-corrected chi connectivity index (χ1v) is 11.7. The molecule has 2 aliphatic rings. The summed E-state index contributed by atoms with van der Waals surface area (Å²) in [5, 5.41) is 6.90. The van der Waals surface area contributed by atoms with Crippen LogP contribution in [0.15, 0.2) is 41.8 Å². The van der Waals surface area contributed by atoms with Crippen molar-refractivity contribution in [3.05, 3.63) is 58.1 Å². The molecule has 2 amide bonds. The number of nitrogens with one attached hydrogen (secondary N) is 1. The van der Waals surface area contributed by atoms with Crippen molar-refractivity contribution in [2.45, 2.75) is 57.3 Å². The lowest BCUT2D eigenvalue weighted by atomic mass is 9.93. The van der Waals surface area contributed by atoms with Crippen LogP contribution in [0.5, 0.6) is 0 Å². The highest BCUT2D eigenvalue weighted by atomic mass is 35.5. The fourth-order valence-electron chi connectivity index (χ4n) is 4.71. The van der Waals surface area contributed by atoms with Crippen LogP contribution in [0.4, 0.5) is 0 Å². The second kappa shape index (κ2) is 7.43. The van der Waals surface area contributed by atoms with E-state index < -0.39 is 5.54 Å². The maximum atomic E-state index is 13.6. The van der Waals surface area contributed by atoms with E-state index in [0.717, 1.165) is 41.5 Å². The van der Waals surface area contributed by atoms with E-state index in [1.807, 2.05) is 53.3 Å². The standard InChI is InChI=1S/C23H24ClN3O2S/c1-23(22(29)25-17-7-3-4-8-17)14-26-19(12-15-10-11-30-21(15)26)20(28)27(23)13-16-6-2-5-9-18(16)24/h2,5-6,9-12,17H,3-4,7-8,13-14H2,1H3,(H,25,29)/t23-/m1/s1. The average Bonchev–Trinajstić information content (AvgIpc) is 3.45. The summed E-state index contributed by atoms with van der Waals surface area (Å²) in [5.74, 6) is -0.215. The number of fused-ring (bicyclic) bond motifs is 3. The van der Waals surface area contributed by atoms with Crippen LogP contribution in [0.2, 0.25) is 5.02 Å². The summed E-state index contributed by atoms with van der Waals surface area (Å²) in [6.45, 7) is 2.61. The summed E-state index contributed by atoms with van der Waals surface area (Å²) in [5.41, 5.74) is 0.478. The normalized spacial score (nSPS) is 21.9. The lowest BCUT2D eigenvalue weighted by Gasteiger charge is -2.44. The molecule has 1 N–H and O–H groups in total. The molecule has 1 atom stereocenters. The van der Waals surface area contributed by atoms with Crippen LogP contribution in [-0.4, -0.2) is 32.9 Å². The zero-order valence-electron chi connectivity index (χ0n) is 16.9. The Morgan fingerprint density at radius 1 is 1.27 bits per heavy atom. The van der Waals surface area contributed by atoms with Gasteiger partial charge in [-0.1, -0.05) is 42.6 Å². The number of hydrogen-bond acceptors (Lipinski definition) is 3. The molecule has 0 spiro atoms. The summed E-state index contributed by atoms with van der Waals surface area (Å²) < 4.78 is 2.01. The summed E-state index contributed by atoms with van der Waals surface area (Å²) in [4.78, 5) is 30.0. The third-order valence-corrected chi connectivity index (χ3v) is 7.81. The lowest BCUT2D eigenvalue weighted by molar-refractivity contribution is -0.133. The van der Waals surface area contributed by atoms with Crippen molar-refractivity contribution in [3.63, 3.8) is 0 Å². The van der Waals surface area contributed by atoms with Gasteiger partial charge in [0.1, 0.15) is 16.1 Å². The highest BCUT2D eigenvalue weighted by molar-refractivity contribution is 7.16. The van der Waals surface area contributed by atoms with Crippen LogP contribution < -0.4 is 5.32 Å². The smallest absolute Gasteiger partial charge is 0.271 e. The molecule has 5 nitrogen and oxygen atoms in total. The number of halogens is 1. The Hall–Kier alpha value is -2.31. The van der Waals surface area contributed by atoms with Crippen molar-refractivity contribution in [1.29, 1.82) is 0 Å². The molecule has 0 bridgehead atoms. The van der Waals surface area contributed by atoms with Crippen LogP contribution in [0.1, 0.15) is 48.7 Å². The molecular weight excluding hydrogens is 418 g/mol. The molecule has 156 valence electrons. The minimum atomic E-state index is -0.998. The van der Waals surface area contributed by atoms with E-state index in [1.165, 1.54) is 0 Å². The second-order valence-electron chi connectivity index (χ2n) is 8.51. The van der Waals surface area contributed by atoms with Gasteiger partial charge in [-0.25, -0.2) is 0 Å².